The molecule has 0 saturated carbocycles. The monoisotopic (exact) mass is 125 g/mol. The van der Waals surface area contributed by atoms with Gasteiger partial charge >= 0.3 is 0 Å². The Bertz CT molecular complexity index is 85.0. The highest BCUT2D eigenvalue weighted by Gasteiger charge is 2.21. The van der Waals surface area contributed by atoms with Crippen molar-refractivity contribution in [2.75, 3.05) is 13.1 Å². The molecule has 1 nitrogen and oxygen atoms in total. The van der Waals surface area contributed by atoms with Crippen molar-refractivity contribution in [2.24, 2.45) is 0 Å². The maximum atomic E-state index is 2.58. The normalized spacial score (nSPS) is 21.3. The van der Waals surface area contributed by atoms with Crippen LogP contribution >= 0.6 is 0 Å². The molecule has 1 rings (SSSR count). The minimum absolute atomic E-state index is 0.866. The molecule has 0 aromatic carbocycles. The fourth-order valence-corrected chi connectivity index (χ4v) is 1.61. The third kappa shape index (κ3) is 1.72. The fraction of sp³-hybridized carbons (Fsp3) is 1.00. The fourth-order valence-electron chi connectivity index (χ4n) is 1.61. The third-order valence-electron chi connectivity index (χ3n) is 2.20. The van der Waals surface area contributed by atoms with Crippen molar-refractivity contribution >= 4 is 6.85 Å². The van der Waals surface area contributed by atoms with Crippen LogP contribution in [0.3, 0.4) is 0 Å². The van der Waals surface area contributed by atoms with Gasteiger partial charge < -0.3 is 4.81 Å². The van der Waals surface area contributed by atoms with E-state index in [2.05, 4.69) is 18.6 Å². The van der Waals surface area contributed by atoms with E-state index in [0.29, 0.717) is 0 Å². The lowest BCUT2D eigenvalue weighted by atomic mass is 9.62. The summed E-state index contributed by atoms with van der Waals surface area (Å²) in [5.41, 5.74) is 0. The molecule has 0 spiro atoms. The predicted molar refractivity (Wildman–Crippen MR) is 42.9 cm³/mol. The Kier molecular flexibility index (Phi) is 2.58. The quantitative estimate of drug-likeness (QED) is 0.508. The van der Waals surface area contributed by atoms with E-state index in [-0.39, 0.29) is 0 Å². The summed E-state index contributed by atoms with van der Waals surface area (Å²) in [6.07, 6.45) is 4.14. The van der Waals surface area contributed by atoms with Gasteiger partial charge in [0.1, 0.15) is 0 Å². The lowest BCUT2D eigenvalue weighted by molar-refractivity contribution is 0.465. The molecule has 1 saturated heterocycles. The van der Waals surface area contributed by atoms with Crippen molar-refractivity contribution in [3.05, 3.63) is 0 Å². The second kappa shape index (κ2) is 3.26. The van der Waals surface area contributed by atoms with E-state index in [0.717, 1.165) is 6.85 Å². The summed E-state index contributed by atoms with van der Waals surface area (Å²) in [7, 11) is 0. The SMILES string of the molecule is CCCN1CCCB1C. The minimum atomic E-state index is 0.866. The van der Waals surface area contributed by atoms with Gasteiger partial charge in [-0.05, 0) is 25.9 Å². The lowest BCUT2D eigenvalue weighted by Crippen LogP contribution is -2.31. The molecule has 1 fully saturated rings. The van der Waals surface area contributed by atoms with Gasteiger partial charge in [0.2, 0.25) is 6.85 Å². The van der Waals surface area contributed by atoms with E-state index in [4.69, 9.17) is 0 Å². The van der Waals surface area contributed by atoms with Crippen LogP contribution in [0.15, 0.2) is 0 Å². The van der Waals surface area contributed by atoms with Crippen LogP contribution in [0.2, 0.25) is 13.1 Å². The zero-order chi connectivity index (χ0) is 6.69. The molecular formula is C7H16BN. The van der Waals surface area contributed by atoms with E-state index in [1.807, 2.05) is 0 Å². The van der Waals surface area contributed by atoms with Gasteiger partial charge in [0.05, 0.1) is 0 Å². The first-order chi connectivity index (χ1) is 4.34. The standard InChI is InChI=1S/C7H16BN/c1-3-6-9-7-4-5-8(9)2/h3-7H2,1-2H3. The summed E-state index contributed by atoms with van der Waals surface area (Å²) in [5.74, 6) is 0. The molecular weight excluding hydrogens is 109 g/mol. The zero-order valence-corrected chi connectivity index (χ0v) is 6.56. The lowest BCUT2D eigenvalue weighted by Gasteiger charge is -2.17. The van der Waals surface area contributed by atoms with Crippen molar-refractivity contribution in [1.82, 2.24) is 4.81 Å². The first-order valence-electron chi connectivity index (χ1n) is 4.08. The van der Waals surface area contributed by atoms with Crippen LogP contribution in [0.5, 0.6) is 0 Å². The smallest absolute Gasteiger partial charge is 0.219 e. The van der Waals surface area contributed by atoms with Gasteiger partial charge in [-0.15, -0.1) is 0 Å². The summed E-state index contributed by atoms with van der Waals surface area (Å²) >= 11 is 0. The summed E-state index contributed by atoms with van der Waals surface area (Å²) < 4.78 is 0. The van der Waals surface area contributed by atoms with Crippen molar-refractivity contribution in [1.29, 1.82) is 0 Å². The summed E-state index contributed by atoms with van der Waals surface area (Å²) in [6.45, 7) is 8.11. The zero-order valence-electron chi connectivity index (χ0n) is 6.56. The Balaban J connectivity index is 2.22. The molecule has 0 atom stereocenters. The average Bonchev–Trinajstić information content (AvgIpc) is 2.18. The van der Waals surface area contributed by atoms with Crippen molar-refractivity contribution in [3.8, 4) is 0 Å². The Morgan fingerprint density at radius 3 is 2.78 bits per heavy atom. The van der Waals surface area contributed by atoms with E-state index in [1.165, 1.54) is 32.3 Å². The van der Waals surface area contributed by atoms with Crippen LogP contribution in [0.25, 0.3) is 0 Å². The van der Waals surface area contributed by atoms with Gasteiger partial charge in [0, 0.05) is 0 Å². The number of rotatable bonds is 2. The predicted octanol–water partition coefficient (Wildman–Crippen LogP) is 1.72. The van der Waals surface area contributed by atoms with Crippen LogP contribution in [-0.4, -0.2) is 24.7 Å². The highest BCUT2D eigenvalue weighted by molar-refractivity contribution is 6.54. The highest BCUT2D eigenvalue weighted by Crippen LogP contribution is 2.13. The molecule has 52 valence electrons. The first kappa shape index (κ1) is 7.14. The van der Waals surface area contributed by atoms with E-state index in [9.17, 15) is 0 Å². The highest BCUT2D eigenvalue weighted by atomic mass is 15.1. The first-order valence-corrected chi connectivity index (χ1v) is 4.08. The molecule has 0 aliphatic carbocycles. The number of hydrogen-bond acceptors (Lipinski definition) is 1. The number of nitrogens with zero attached hydrogens (tertiary/aromatic N) is 1. The maximum absolute atomic E-state index is 2.58. The minimum Gasteiger partial charge on any atom is -0.342 e. The Morgan fingerprint density at radius 1 is 1.56 bits per heavy atom. The second-order valence-electron chi connectivity index (χ2n) is 3.03. The van der Waals surface area contributed by atoms with Crippen molar-refractivity contribution < 1.29 is 0 Å². The molecule has 0 aromatic heterocycles. The van der Waals surface area contributed by atoms with Gasteiger partial charge in [0.15, 0.2) is 0 Å². The summed E-state index contributed by atoms with van der Waals surface area (Å²) in [5, 5.41) is 0. The molecule has 9 heavy (non-hydrogen) atoms. The average molecular weight is 125 g/mol. The van der Waals surface area contributed by atoms with Crippen molar-refractivity contribution in [3.63, 3.8) is 0 Å². The van der Waals surface area contributed by atoms with E-state index < -0.39 is 0 Å². The molecule has 0 amide bonds. The Morgan fingerprint density at radius 2 is 2.33 bits per heavy atom. The molecule has 1 heterocycles. The van der Waals surface area contributed by atoms with Crippen LogP contribution in [0.4, 0.5) is 0 Å². The molecule has 1 aliphatic heterocycles. The van der Waals surface area contributed by atoms with Gasteiger partial charge in [-0.25, -0.2) is 0 Å². The molecule has 1 aliphatic rings. The Labute approximate surface area is 58.5 Å². The van der Waals surface area contributed by atoms with E-state index in [1.54, 1.807) is 0 Å². The molecule has 0 unspecified atom stereocenters. The molecule has 0 bridgehead atoms. The molecule has 2 heteroatoms. The summed E-state index contributed by atoms with van der Waals surface area (Å²) in [4.78, 5) is 2.58. The topological polar surface area (TPSA) is 3.24 Å². The molecule has 0 N–H and O–H groups in total. The largest absolute Gasteiger partial charge is 0.342 e. The van der Waals surface area contributed by atoms with Crippen LogP contribution in [0.1, 0.15) is 19.8 Å². The van der Waals surface area contributed by atoms with Gasteiger partial charge in [0.25, 0.3) is 0 Å². The second-order valence-corrected chi connectivity index (χ2v) is 3.03. The van der Waals surface area contributed by atoms with Crippen LogP contribution < -0.4 is 0 Å². The van der Waals surface area contributed by atoms with Crippen molar-refractivity contribution in [2.45, 2.75) is 32.9 Å². The van der Waals surface area contributed by atoms with Gasteiger partial charge in [-0.3, -0.25) is 0 Å². The van der Waals surface area contributed by atoms with Crippen LogP contribution in [0, 0.1) is 0 Å². The van der Waals surface area contributed by atoms with E-state index >= 15 is 0 Å². The molecule has 0 radical (unpaired) electrons. The third-order valence-corrected chi connectivity index (χ3v) is 2.20. The number of hydrogen-bond donors (Lipinski definition) is 0. The van der Waals surface area contributed by atoms with Gasteiger partial charge in [-0.1, -0.05) is 20.1 Å². The van der Waals surface area contributed by atoms with Gasteiger partial charge in [-0.2, -0.15) is 0 Å². The maximum Gasteiger partial charge on any atom is 0.219 e. The Hall–Kier alpha value is 0.0249. The molecule has 0 aromatic rings. The van der Waals surface area contributed by atoms with Crippen LogP contribution in [-0.2, 0) is 0 Å². The summed E-state index contributed by atoms with van der Waals surface area (Å²) in [6, 6.07) is 0.